The summed E-state index contributed by atoms with van der Waals surface area (Å²) >= 11 is 3.22. The van der Waals surface area contributed by atoms with Crippen LogP contribution in [0.25, 0.3) is 0 Å². The molecule has 1 amide bonds. The lowest BCUT2D eigenvalue weighted by Crippen LogP contribution is -2.43. The van der Waals surface area contributed by atoms with Crippen LogP contribution in [0.15, 0.2) is 22.7 Å². The molecular weight excluding hydrogens is 341 g/mol. The maximum Gasteiger partial charge on any atom is 0.410 e. The third kappa shape index (κ3) is 3.95. The Labute approximate surface area is 132 Å². The van der Waals surface area contributed by atoms with Crippen LogP contribution < -0.4 is 0 Å². The van der Waals surface area contributed by atoms with E-state index >= 15 is 0 Å². The van der Waals surface area contributed by atoms with E-state index in [-0.39, 0.29) is 24.6 Å². The fourth-order valence-corrected chi connectivity index (χ4v) is 2.86. The third-order valence-electron chi connectivity index (χ3n) is 3.76. The zero-order valence-electron chi connectivity index (χ0n) is 11.9. The van der Waals surface area contributed by atoms with Crippen LogP contribution in [0.5, 0.6) is 0 Å². The molecule has 2 unspecified atom stereocenters. The zero-order chi connectivity index (χ0) is 15.4. The van der Waals surface area contributed by atoms with Crippen molar-refractivity contribution in [3.63, 3.8) is 0 Å². The summed E-state index contributed by atoms with van der Waals surface area (Å²) in [5, 5.41) is 8.81. The number of benzene rings is 1. The second-order valence-electron chi connectivity index (χ2n) is 5.20. The van der Waals surface area contributed by atoms with Gasteiger partial charge in [-0.15, -0.1) is 0 Å². The molecule has 1 N–H and O–H groups in total. The van der Waals surface area contributed by atoms with E-state index in [9.17, 15) is 9.18 Å². The summed E-state index contributed by atoms with van der Waals surface area (Å²) in [5.74, 6) is -0.341. The molecule has 2 rings (SSSR count). The first-order chi connectivity index (χ1) is 10.0. The Bertz CT molecular complexity index is 512. The lowest BCUT2D eigenvalue weighted by molar-refractivity contribution is 0.00723. The number of aliphatic hydroxyl groups is 1. The maximum atomic E-state index is 14.0. The Balaban J connectivity index is 2.03. The molecule has 1 heterocycles. The number of rotatable bonds is 5. The summed E-state index contributed by atoms with van der Waals surface area (Å²) in [5.41, 5.74) is 0.476. The van der Waals surface area contributed by atoms with Gasteiger partial charge in [0.05, 0.1) is 6.04 Å². The van der Waals surface area contributed by atoms with Crippen LogP contribution in [0.4, 0.5) is 9.18 Å². The first kappa shape index (κ1) is 16.2. The molecule has 0 radical (unpaired) electrons. The maximum absolute atomic E-state index is 14.0. The van der Waals surface area contributed by atoms with Gasteiger partial charge in [-0.25, -0.2) is 9.18 Å². The molecule has 0 aromatic heterocycles. The first-order valence-corrected chi connectivity index (χ1v) is 7.85. The van der Waals surface area contributed by atoms with Gasteiger partial charge in [0, 0.05) is 29.6 Å². The highest BCUT2D eigenvalue weighted by Crippen LogP contribution is 2.29. The molecule has 4 nitrogen and oxygen atoms in total. The lowest BCUT2D eigenvalue weighted by atomic mass is 10.0. The van der Waals surface area contributed by atoms with Crippen molar-refractivity contribution in [1.29, 1.82) is 0 Å². The molecule has 1 aliphatic rings. The highest BCUT2D eigenvalue weighted by molar-refractivity contribution is 9.10. The molecular formula is C15H19BrFNO3. The molecule has 0 aliphatic carbocycles. The van der Waals surface area contributed by atoms with Crippen molar-refractivity contribution in [2.45, 2.75) is 38.3 Å². The van der Waals surface area contributed by atoms with Crippen LogP contribution in [0.3, 0.4) is 0 Å². The third-order valence-corrected chi connectivity index (χ3v) is 4.25. The Kier molecular flexibility index (Phi) is 5.58. The molecule has 0 saturated carbocycles. The van der Waals surface area contributed by atoms with Gasteiger partial charge >= 0.3 is 6.09 Å². The number of amides is 1. The van der Waals surface area contributed by atoms with Crippen LogP contribution in [0, 0.1) is 5.82 Å². The Morgan fingerprint density at radius 2 is 2.33 bits per heavy atom. The van der Waals surface area contributed by atoms with E-state index in [1.54, 1.807) is 24.0 Å². The Hall–Kier alpha value is -1.14. The van der Waals surface area contributed by atoms with Crippen LogP contribution in [-0.4, -0.2) is 35.4 Å². The van der Waals surface area contributed by atoms with Gasteiger partial charge in [0.2, 0.25) is 0 Å². The monoisotopic (exact) mass is 359 g/mol. The number of ether oxygens (including phenoxy) is 1. The molecule has 1 aliphatic heterocycles. The molecule has 1 aromatic carbocycles. The van der Waals surface area contributed by atoms with Gasteiger partial charge in [-0.2, -0.15) is 0 Å². The average Bonchev–Trinajstić information content (AvgIpc) is 2.44. The SMILES string of the molecule is CC(c1ccc(Br)cc1F)N1CCC(CCCO)OC1=O. The fourth-order valence-electron chi connectivity index (χ4n) is 2.53. The molecule has 1 fully saturated rings. The minimum Gasteiger partial charge on any atom is -0.446 e. The summed E-state index contributed by atoms with van der Waals surface area (Å²) < 4.78 is 20.0. The van der Waals surface area contributed by atoms with Crippen molar-refractivity contribution in [1.82, 2.24) is 4.90 Å². The summed E-state index contributed by atoms with van der Waals surface area (Å²) in [7, 11) is 0. The molecule has 0 bridgehead atoms. The molecule has 0 spiro atoms. The van der Waals surface area contributed by atoms with Crippen LogP contribution in [0.1, 0.15) is 37.8 Å². The number of cyclic esters (lactones) is 1. The molecule has 1 aromatic rings. The van der Waals surface area contributed by atoms with Gasteiger partial charge in [0.25, 0.3) is 0 Å². The largest absolute Gasteiger partial charge is 0.446 e. The standard InChI is InChI=1S/C15H19BrFNO3/c1-10(13-5-4-11(16)9-14(13)17)18-7-6-12(3-2-8-19)21-15(18)20/h4-5,9-10,12,19H,2-3,6-8H2,1H3. The zero-order valence-corrected chi connectivity index (χ0v) is 13.5. The highest BCUT2D eigenvalue weighted by atomic mass is 79.9. The summed E-state index contributed by atoms with van der Waals surface area (Å²) in [6.45, 7) is 2.42. The van der Waals surface area contributed by atoms with Gasteiger partial charge in [-0.3, -0.25) is 0 Å². The second-order valence-corrected chi connectivity index (χ2v) is 6.11. The van der Waals surface area contributed by atoms with E-state index in [1.807, 2.05) is 0 Å². The van der Waals surface area contributed by atoms with E-state index in [2.05, 4.69) is 15.9 Å². The van der Waals surface area contributed by atoms with Crippen molar-refractivity contribution in [2.24, 2.45) is 0 Å². The van der Waals surface area contributed by atoms with E-state index in [4.69, 9.17) is 9.84 Å². The fraction of sp³-hybridized carbons (Fsp3) is 0.533. The smallest absolute Gasteiger partial charge is 0.410 e. The highest BCUT2D eigenvalue weighted by Gasteiger charge is 2.31. The van der Waals surface area contributed by atoms with Crippen molar-refractivity contribution in [3.05, 3.63) is 34.1 Å². The summed E-state index contributed by atoms with van der Waals surface area (Å²) in [4.78, 5) is 13.6. The molecule has 2 atom stereocenters. The number of aliphatic hydroxyl groups excluding tert-OH is 1. The van der Waals surface area contributed by atoms with Gasteiger partial charge in [0.1, 0.15) is 11.9 Å². The summed E-state index contributed by atoms with van der Waals surface area (Å²) in [6, 6.07) is 4.46. The Morgan fingerprint density at radius 3 is 2.95 bits per heavy atom. The molecule has 21 heavy (non-hydrogen) atoms. The van der Waals surface area contributed by atoms with Gasteiger partial charge in [-0.05, 0) is 31.9 Å². The first-order valence-electron chi connectivity index (χ1n) is 7.06. The number of halogens is 2. The second kappa shape index (κ2) is 7.22. The number of hydrogen-bond acceptors (Lipinski definition) is 3. The topological polar surface area (TPSA) is 49.8 Å². The van der Waals surface area contributed by atoms with Crippen molar-refractivity contribution >= 4 is 22.0 Å². The lowest BCUT2D eigenvalue weighted by Gasteiger charge is -2.36. The van der Waals surface area contributed by atoms with Crippen molar-refractivity contribution in [2.75, 3.05) is 13.2 Å². The average molecular weight is 360 g/mol. The number of carbonyl (C=O) groups excluding carboxylic acids is 1. The van der Waals surface area contributed by atoms with Crippen LogP contribution in [-0.2, 0) is 4.74 Å². The number of carbonyl (C=O) groups is 1. The Morgan fingerprint density at radius 1 is 1.57 bits per heavy atom. The van der Waals surface area contributed by atoms with Crippen molar-refractivity contribution < 1.29 is 19.0 Å². The predicted molar refractivity (Wildman–Crippen MR) is 80.4 cm³/mol. The van der Waals surface area contributed by atoms with Crippen LogP contribution >= 0.6 is 15.9 Å². The quantitative estimate of drug-likeness (QED) is 0.872. The van der Waals surface area contributed by atoms with E-state index in [0.717, 1.165) is 0 Å². The normalized spacial score (nSPS) is 20.3. The number of nitrogens with zero attached hydrogens (tertiary/aromatic N) is 1. The predicted octanol–water partition coefficient (Wildman–Crippen LogP) is 3.63. The van der Waals surface area contributed by atoms with Crippen molar-refractivity contribution in [3.8, 4) is 0 Å². The van der Waals surface area contributed by atoms with Gasteiger partial charge in [0.15, 0.2) is 0 Å². The molecule has 1 saturated heterocycles. The summed E-state index contributed by atoms with van der Waals surface area (Å²) in [6.07, 6.45) is 1.42. The molecule has 116 valence electrons. The van der Waals surface area contributed by atoms with E-state index in [1.165, 1.54) is 6.07 Å². The minimum atomic E-state index is -0.418. The minimum absolute atomic E-state index is 0.0955. The van der Waals surface area contributed by atoms with E-state index in [0.29, 0.717) is 35.8 Å². The van der Waals surface area contributed by atoms with Gasteiger partial charge < -0.3 is 14.7 Å². The van der Waals surface area contributed by atoms with Gasteiger partial charge in [-0.1, -0.05) is 22.0 Å². The number of hydrogen-bond donors (Lipinski definition) is 1. The van der Waals surface area contributed by atoms with E-state index < -0.39 is 6.09 Å². The van der Waals surface area contributed by atoms with Crippen LogP contribution in [0.2, 0.25) is 0 Å². The molecule has 6 heteroatoms.